The number of rotatable bonds is 1. The summed E-state index contributed by atoms with van der Waals surface area (Å²) < 4.78 is 0. The zero-order chi connectivity index (χ0) is 10.1. The van der Waals surface area contributed by atoms with E-state index in [0.29, 0.717) is 10.7 Å². The van der Waals surface area contributed by atoms with Gasteiger partial charge in [0, 0.05) is 0 Å². The van der Waals surface area contributed by atoms with Gasteiger partial charge in [0.15, 0.2) is 0 Å². The smallest absolute Gasteiger partial charge is 0.0766 e. The molecule has 0 radical (unpaired) electrons. The third-order valence-electron chi connectivity index (χ3n) is 2.00. The van der Waals surface area contributed by atoms with Gasteiger partial charge in [0.05, 0.1) is 22.2 Å². The van der Waals surface area contributed by atoms with Gasteiger partial charge in [0.25, 0.3) is 0 Å². The van der Waals surface area contributed by atoms with Crippen LogP contribution in [0.15, 0.2) is 18.2 Å². The molecule has 0 bridgehead atoms. The lowest BCUT2D eigenvalue weighted by molar-refractivity contribution is 0.687. The monoisotopic (exact) mass is 194 g/mol. The minimum absolute atomic E-state index is 0.501. The second-order valence-corrected chi connectivity index (χ2v) is 3.88. The highest BCUT2D eigenvalue weighted by atomic mass is 35.5. The molecule has 13 heavy (non-hydrogen) atoms. The Labute approximate surface area is 82.9 Å². The van der Waals surface area contributed by atoms with E-state index in [2.05, 4.69) is 6.07 Å². The van der Waals surface area contributed by atoms with Crippen LogP contribution in [-0.2, 0) is 5.41 Å². The van der Waals surface area contributed by atoms with Crippen LogP contribution < -0.4 is 5.73 Å². The highest BCUT2D eigenvalue weighted by Gasteiger charge is 2.19. The molecule has 0 fully saturated rings. The number of hydrogen-bond donors (Lipinski definition) is 1. The molecule has 0 heterocycles. The fourth-order valence-electron chi connectivity index (χ4n) is 0.980. The van der Waals surface area contributed by atoms with Crippen LogP contribution in [0, 0.1) is 11.3 Å². The zero-order valence-corrected chi connectivity index (χ0v) is 8.39. The molecule has 0 spiro atoms. The van der Waals surface area contributed by atoms with Gasteiger partial charge in [0.2, 0.25) is 0 Å². The van der Waals surface area contributed by atoms with Gasteiger partial charge in [-0.15, -0.1) is 0 Å². The van der Waals surface area contributed by atoms with Crippen LogP contribution >= 0.6 is 11.6 Å². The zero-order valence-electron chi connectivity index (χ0n) is 7.63. The van der Waals surface area contributed by atoms with Gasteiger partial charge >= 0.3 is 0 Å². The first-order valence-corrected chi connectivity index (χ1v) is 4.32. The van der Waals surface area contributed by atoms with Crippen molar-refractivity contribution < 1.29 is 0 Å². The molecular formula is C10H11ClN2. The van der Waals surface area contributed by atoms with E-state index in [-0.39, 0.29) is 0 Å². The Kier molecular flexibility index (Phi) is 2.49. The largest absolute Gasteiger partial charge is 0.398 e. The Morgan fingerprint density at radius 1 is 1.46 bits per heavy atom. The predicted molar refractivity (Wildman–Crippen MR) is 54.5 cm³/mol. The van der Waals surface area contributed by atoms with Crippen molar-refractivity contribution in [1.29, 1.82) is 5.26 Å². The van der Waals surface area contributed by atoms with Crippen molar-refractivity contribution in [2.75, 3.05) is 5.73 Å². The molecular weight excluding hydrogens is 184 g/mol. The normalized spacial score (nSPS) is 10.9. The van der Waals surface area contributed by atoms with Crippen LogP contribution in [-0.4, -0.2) is 0 Å². The molecule has 0 aliphatic carbocycles. The van der Waals surface area contributed by atoms with Gasteiger partial charge in [-0.25, -0.2) is 0 Å². The summed E-state index contributed by atoms with van der Waals surface area (Å²) in [5, 5.41) is 9.38. The predicted octanol–water partition coefficient (Wildman–Crippen LogP) is 2.72. The van der Waals surface area contributed by atoms with E-state index in [0.717, 1.165) is 5.56 Å². The van der Waals surface area contributed by atoms with E-state index >= 15 is 0 Å². The summed E-state index contributed by atoms with van der Waals surface area (Å²) in [7, 11) is 0. The van der Waals surface area contributed by atoms with Crippen molar-refractivity contribution >= 4 is 17.3 Å². The van der Waals surface area contributed by atoms with Crippen LogP contribution in [0.1, 0.15) is 19.4 Å². The van der Waals surface area contributed by atoms with Crippen LogP contribution in [0.3, 0.4) is 0 Å². The average Bonchev–Trinajstić information content (AvgIpc) is 2.09. The summed E-state index contributed by atoms with van der Waals surface area (Å²) in [5.41, 5.74) is 6.47. The molecule has 0 saturated carbocycles. The van der Waals surface area contributed by atoms with Crippen molar-refractivity contribution in [2.45, 2.75) is 19.3 Å². The number of anilines is 1. The fourth-order valence-corrected chi connectivity index (χ4v) is 1.16. The summed E-state index contributed by atoms with van der Waals surface area (Å²) in [6.45, 7) is 3.68. The van der Waals surface area contributed by atoms with E-state index in [9.17, 15) is 0 Å². The van der Waals surface area contributed by atoms with Crippen molar-refractivity contribution in [3.05, 3.63) is 28.8 Å². The molecule has 0 aliphatic heterocycles. The van der Waals surface area contributed by atoms with Crippen LogP contribution in [0.5, 0.6) is 0 Å². The Hall–Kier alpha value is -1.20. The Morgan fingerprint density at radius 3 is 2.54 bits per heavy atom. The number of nitrogens with two attached hydrogens (primary N) is 1. The lowest BCUT2D eigenvalue weighted by Crippen LogP contribution is -2.13. The second-order valence-electron chi connectivity index (χ2n) is 3.47. The minimum Gasteiger partial charge on any atom is -0.398 e. The van der Waals surface area contributed by atoms with Gasteiger partial charge in [-0.1, -0.05) is 17.7 Å². The van der Waals surface area contributed by atoms with E-state index in [1.807, 2.05) is 19.9 Å². The molecule has 3 heteroatoms. The van der Waals surface area contributed by atoms with Gasteiger partial charge in [-0.2, -0.15) is 5.26 Å². The van der Waals surface area contributed by atoms with Crippen molar-refractivity contribution in [2.24, 2.45) is 0 Å². The van der Waals surface area contributed by atoms with Gasteiger partial charge in [-0.3, -0.25) is 0 Å². The number of nitrogen functional groups attached to an aromatic ring is 1. The molecule has 0 atom stereocenters. The van der Waals surface area contributed by atoms with E-state index < -0.39 is 5.41 Å². The van der Waals surface area contributed by atoms with E-state index in [1.165, 1.54) is 0 Å². The molecule has 0 saturated heterocycles. The lowest BCUT2D eigenvalue weighted by Gasteiger charge is -2.16. The maximum absolute atomic E-state index is 8.88. The van der Waals surface area contributed by atoms with Crippen molar-refractivity contribution in [1.82, 2.24) is 0 Å². The second kappa shape index (κ2) is 3.27. The molecule has 68 valence electrons. The van der Waals surface area contributed by atoms with Crippen LogP contribution in [0.4, 0.5) is 5.69 Å². The molecule has 1 rings (SSSR count). The lowest BCUT2D eigenvalue weighted by atomic mass is 9.86. The Bertz CT molecular complexity index is 364. The molecule has 0 aromatic heterocycles. The first kappa shape index (κ1) is 9.88. The molecule has 1 aromatic carbocycles. The molecule has 1 aromatic rings. The fraction of sp³-hybridized carbons (Fsp3) is 0.300. The van der Waals surface area contributed by atoms with Crippen molar-refractivity contribution in [3.63, 3.8) is 0 Å². The number of nitrogens with zero attached hydrogens (tertiary/aromatic N) is 1. The summed E-state index contributed by atoms with van der Waals surface area (Å²) >= 11 is 5.84. The summed E-state index contributed by atoms with van der Waals surface area (Å²) in [6.07, 6.45) is 0. The molecule has 2 nitrogen and oxygen atoms in total. The van der Waals surface area contributed by atoms with Gasteiger partial charge in [0.1, 0.15) is 0 Å². The number of nitriles is 1. The number of hydrogen-bond acceptors (Lipinski definition) is 2. The van der Waals surface area contributed by atoms with Gasteiger partial charge in [-0.05, 0) is 31.5 Å². The first-order chi connectivity index (χ1) is 5.97. The third kappa shape index (κ3) is 1.93. The molecule has 0 aliphatic rings. The third-order valence-corrected chi connectivity index (χ3v) is 2.33. The van der Waals surface area contributed by atoms with E-state index in [4.69, 9.17) is 22.6 Å². The van der Waals surface area contributed by atoms with Crippen molar-refractivity contribution in [3.8, 4) is 6.07 Å². The maximum atomic E-state index is 8.88. The van der Waals surface area contributed by atoms with Gasteiger partial charge < -0.3 is 5.73 Å². The summed E-state index contributed by atoms with van der Waals surface area (Å²) in [4.78, 5) is 0. The van der Waals surface area contributed by atoms with Crippen LogP contribution in [0.25, 0.3) is 0 Å². The maximum Gasteiger partial charge on any atom is 0.0766 e. The number of halogens is 1. The Balaban J connectivity index is 3.20. The standard InChI is InChI=1S/C10H11ClN2/c1-10(2,6-12)7-3-4-9(13)8(11)5-7/h3-5H,13H2,1-2H3. The average molecular weight is 195 g/mol. The highest BCUT2D eigenvalue weighted by Crippen LogP contribution is 2.27. The van der Waals surface area contributed by atoms with E-state index in [1.54, 1.807) is 12.1 Å². The molecule has 0 amide bonds. The Morgan fingerprint density at radius 2 is 2.08 bits per heavy atom. The van der Waals surface area contributed by atoms with Crippen LogP contribution in [0.2, 0.25) is 5.02 Å². The molecule has 0 unspecified atom stereocenters. The summed E-state index contributed by atoms with van der Waals surface area (Å²) in [5.74, 6) is 0. The topological polar surface area (TPSA) is 49.8 Å². The summed E-state index contributed by atoms with van der Waals surface area (Å²) in [6, 6.07) is 7.48. The first-order valence-electron chi connectivity index (χ1n) is 3.94. The minimum atomic E-state index is -0.517. The molecule has 2 N–H and O–H groups in total. The SMILES string of the molecule is CC(C)(C#N)c1ccc(N)c(Cl)c1. The quantitative estimate of drug-likeness (QED) is 0.699. The number of benzene rings is 1. The highest BCUT2D eigenvalue weighted by molar-refractivity contribution is 6.33.